The Morgan fingerprint density at radius 1 is 1.00 bits per heavy atom. The fourth-order valence-electron chi connectivity index (χ4n) is 2.74. The van der Waals surface area contributed by atoms with Crippen molar-refractivity contribution < 1.29 is 27.5 Å². The fourth-order valence-corrected chi connectivity index (χ4v) is 2.74. The second kappa shape index (κ2) is 9.39. The Labute approximate surface area is 161 Å². The van der Waals surface area contributed by atoms with Crippen molar-refractivity contribution in [1.29, 1.82) is 0 Å². The number of halogens is 3. The van der Waals surface area contributed by atoms with Gasteiger partial charge in [-0.05, 0) is 42.8 Å². The van der Waals surface area contributed by atoms with E-state index in [1.165, 1.54) is 30.1 Å². The molecule has 2 rings (SSSR count). The topological polar surface area (TPSA) is 46.6 Å². The summed E-state index contributed by atoms with van der Waals surface area (Å²) in [6, 6.07) is 11.8. The van der Waals surface area contributed by atoms with Crippen molar-refractivity contribution in [1.82, 2.24) is 4.90 Å². The Kier molecular flexibility index (Phi) is 7.20. The SMILES string of the molecule is CCOc1ccc(C(=O)CCC(=O)N(C)Cc2ccccc2C(F)(F)F)cc1. The van der Waals surface area contributed by atoms with Crippen molar-refractivity contribution in [3.05, 3.63) is 65.2 Å². The lowest BCUT2D eigenvalue weighted by Crippen LogP contribution is -2.27. The van der Waals surface area contributed by atoms with Gasteiger partial charge in [0.25, 0.3) is 0 Å². The Hall–Kier alpha value is -2.83. The minimum Gasteiger partial charge on any atom is -0.494 e. The number of amides is 1. The van der Waals surface area contributed by atoms with Crippen LogP contribution in [0.3, 0.4) is 0 Å². The molecular weight excluding hydrogens is 371 g/mol. The quantitative estimate of drug-likeness (QED) is 0.610. The van der Waals surface area contributed by atoms with E-state index in [1.807, 2.05) is 6.92 Å². The van der Waals surface area contributed by atoms with Gasteiger partial charge >= 0.3 is 6.18 Å². The van der Waals surface area contributed by atoms with Crippen LogP contribution in [0.15, 0.2) is 48.5 Å². The summed E-state index contributed by atoms with van der Waals surface area (Å²) in [5, 5.41) is 0. The summed E-state index contributed by atoms with van der Waals surface area (Å²) in [5.41, 5.74) is -0.287. The number of ether oxygens (including phenoxy) is 1. The average molecular weight is 393 g/mol. The van der Waals surface area contributed by atoms with Gasteiger partial charge in [0.05, 0.1) is 12.2 Å². The number of nitrogens with zero attached hydrogens (tertiary/aromatic N) is 1. The monoisotopic (exact) mass is 393 g/mol. The molecule has 4 nitrogen and oxygen atoms in total. The van der Waals surface area contributed by atoms with E-state index in [9.17, 15) is 22.8 Å². The summed E-state index contributed by atoms with van der Waals surface area (Å²) in [6.45, 7) is 2.20. The van der Waals surface area contributed by atoms with E-state index in [4.69, 9.17) is 4.74 Å². The average Bonchev–Trinajstić information content (AvgIpc) is 2.66. The summed E-state index contributed by atoms with van der Waals surface area (Å²) < 4.78 is 44.5. The Morgan fingerprint density at radius 3 is 2.25 bits per heavy atom. The molecule has 2 aromatic carbocycles. The van der Waals surface area contributed by atoms with E-state index in [0.29, 0.717) is 17.9 Å². The maximum atomic E-state index is 13.1. The molecule has 2 aromatic rings. The molecule has 0 saturated carbocycles. The van der Waals surface area contributed by atoms with Gasteiger partial charge in [0.1, 0.15) is 5.75 Å². The minimum absolute atomic E-state index is 0.0158. The van der Waals surface area contributed by atoms with E-state index in [0.717, 1.165) is 6.07 Å². The molecule has 0 aliphatic rings. The molecule has 0 aliphatic heterocycles. The second-order valence-electron chi connectivity index (χ2n) is 6.29. The number of hydrogen-bond donors (Lipinski definition) is 0. The van der Waals surface area contributed by atoms with E-state index in [-0.39, 0.29) is 30.7 Å². The highest BCUT2D eigenvalue weighted by Gasteiger charge is 2.33. The number of alkyl halides is 3. The van der Waals surface area contributed by atoms with Gasteiger partial charge in [0.2, 0.25) is 5.91 Å². The van der Waals surface area contributed by atoms with Gasteiger partial charge in [0.15, 0.2) is 5.78 Å². The van der Waals surface area contributed by atoms with Gasteiger partial charge in [-0.3, -0.25) is 9.59 Å². The normalized spacial score (nSPS) is 11.2. The largest absolute Gasteiger partial charge is 0.494 e. The number of carbonyl (C=O) groups excluding carboxylic acids is 2. The summed E-state index contributed by atoms with van der Waals surface area (Å²) in [5.74, 6) is 0.0509. The summed E-state index contributed by atoms with van der Waals surface area (Å²) >= 11 is 0. The molecule has 0 spiro atoms. The molecule has 150 valence electrons. The first-order valence-corrected chi connectivity index (χ1v) is 8.87. The van der Waals surface area contributed by atoms with Crippen LogP contribution in [-0.2, 0) is 17.5 Å². The highest BCUT2D eigenvalue weighted by molar-refractivity contribution is 5.98. The lowest BCUT2D eigenvalue weighted by molar-refractivity contribution is -0.139. The highest BCUT2D eigenvalue weighted by atomic mass is 19.4. The number of rotatable bonds is 8. The molecule has 0 saturated heterocycles. The molecule has 1 amide bonds. The molecule has 7 heteroatoms. The predicted molar refractivity (Wildman–Crippen MR) is 99.1 cm³/mol. The second-order valence-corrected chi connectivity index (χ2v) is 6.29. The lowest BCUT2D eigenvalue weighted by atomic mass is 10.0. The van der Waals surface area contributed by atoms with Gasteiger partial charge < -0.3 is 9.64 Å². The van der Waals surface area contributed by atoms with E-state index in [1.54, 1.807) is 24.3 Å². The van der Waals surface area contributed by atoms with Crippen LogP contribution in [0, 0.1) is 0 Å². The first kappa shape index (κ1) is 21.5. The molecule has 0 atom stereocenters. The van der Waals surface area contributed by atoms with Crippen molar-refractivity contribution in [2.24, 2.45) is 0 Å². The van der Waals surface area contributed by atoms with Crippen LogP contribution in [0.25, 0.3) is 0 Å². The third-order valence-corrected chi connectivity index (χ3v) is 4.21. The molecule has 0 N–H and O–H groups in total. The number of ketones is 1. The highest BCUT2D eigenvalue weighted by Crippen LogP contribution is 2.32. The first-order chi connectivity index (χ1) is 13.2. The summed E-state index contributed by atoms with van der Waals surface area (Å²) in [6.07, 6.45) is -4.57. The zero-order valence-electron chi connectivity index (χ0n) is 15.8. The van der Waals surface area contributed by atoms with Crippen LogP contribution < -0.4 is 4.74 Å². The van der Waals surface area contributed by atoms with Gasteiger partial charge in [-0.25, -0.2) is 0 Å². The van der Waals surface area contributed by atoms with Crippen LogP contribution in [0.5, 0.6) is 5.75 Å². The van der Waals surface area contributed by atoms with Crippen molar-refractivity contribution >= 4 is 11.7 Å². The predicted octanol–water partition coefficient (Wildman–Crippen LogP) is 4.73. The van der Waals surface area contributed by atoms with Crippen molar-refractivity contribution in [2.75, 3.05) is 13.7 Å². The zero-order valence-corrected chi connectivity index (χ0v) is 15.8. The molecule has 0 unspecified atom stereocenters. The van der Waals surface area contributed by atoms with Gasteiger partial charge in [-0.1, -0.05) is 18.2 Å². The first-order valence-electron chi connectivity index (χ1n) is 8.87. The van der Waals surface area contributed by atoms with Gasteiger partial charge in [-0.2, -0.15) is 13.2 Å². The van der Waals surface area contributed by atoms with Crippen LogP contribution >= 0.6 is 0 Å². The number of carbonyl (C=O) groups is 2. The molecule has 0 heterocycles. The Morgan fingerprint density at radius 2 is 1.64 bits per heavy atom. The van der Waals surface area contributed by atoms with E-state index >= 15 is 0 Å². The molecular formula is C21H22F3NO3. The number of benzene rings is 2. The smallest absolute Gasteiger partial charge is 0.416 e. The van der Waals surface area contributed by atoms with Gasteiger partial charge in [0, 0.05) is 32.0 Å². The molecule has 0 fully saturated rings. The van der Waals surface area contributed by atoms with E-state index in [2.05, 4.69) is 0 Å². The fraction of sp³-hybridized carbons (Fsp3) is 0.333. The summed E-state index contributed by atoms with van der Waals surface area (Å²) in [4.78, 5) is 25.7. The number of hydrogen-bond acceptors (Lipinski definition) is 3. The lowest BCUT2D eigenvalue weighted by Gasteiger charge is -2.20. The van der Waals surface area contributed by atoms with Crippen LogP contribution in [-0.4, -0.2) is 30.2 Å². The minimum atomic E-state index is -4.48. The molecule has 0 aromatic heterocycles. The maximum Gasteiger partial charge on any atom is 0.416 e. The molecule has 0 radical (unpaired) electrons. The number of Topliss-reactive ketones (excluding diaryl/α,β-unsaturated/α-hetero) is 1. The van der Waals surface area contributed by atoms with Crippen LogP contribution in [0.2, 0.25) is 0 Å². The van der Waals surface area contributed by atoms with Crippen molar-refractivity contribution in [2.45, 2.75) is 32.5 Å². The van der Waals surface area contributed by atoms with Crippen molar-refractivity contribution in [3.8, 4) is 5.75 Å². The molecule has 0 aliphatic carbocycles. The third-order valence-electron chi connectivity index (χ3n) is 4.21. The zero-order chi connectivity index (χ0) is 20.7. The Balaban J connectivity index is 1.93. The summed E-state index contributed by atoms with van der Waals surface area (Å²) in [7, 11) is 1.43. The van der Waals surface area contributed by atoms with Crippen molar-refractivity contribution in [3.63, 3.8) is 0 Å². The maximum absolute atomic E-state index is 13.1. The molecule has 28 heavy (non-hydrogen) atoms. The Bertz CT molecular complexity index is 816. The van der Waals surface area contributed by atoms with E-state index < -0.39 is 17.6 Å². The van der Waals surface area contributed by atoms with Crippen LogP contribution in [0.4, 0.5) is 13.2 Å². The van der Waals surface area contributed by atoms with Crippen LogP contribution in [0.1, 0.15) is 41.3 Å². The molecule has 0 bridgehead atoms. The van der Waals surface area contributed by atoms with Gasteiger partial charge in [-0.15, -0.1) is 0 Å². The standard InChI is InChI=1S/C21H22F3NO3/c1-3-28-17-10-8-15(9-11-17)19(26)12-13-20(27)25(2)14-16-6-4-5-7-18(16)21(22,23)24/h4-11H,3,12-14H2,1-2H3. The third kappa shape index (κ3) is 5.84.